The number of rotatable bonds is 6. The SMILES string of the molecule is COc1ccc(CNc2ccc(C(=O)Nc3ccc(C(C)(C)C)cc3)cn2)cc1. The van der Waals surface area contributed by atoms with Crippen molar-refractivity contribution < 1.29 is 9.53 Å². The molecule has 0 bridgehead atoms. The first-order chi connectivity index (χ1) is 13.8. The molecule has 3 aromatic rings. The molecule has 0 aliphatic rings. The Morgan fingerprint density at radius 2 is 1.66 bits per heavy atom. The fraction of sp³-hybridized carbons (Fsp3) is 0.250. The highest BCUT2D eigenvalue weighted by Gasteiger charge is 2.13. The average molecular weight is 389 g/mol. The minimum absolute atomic E-state index is 0.0844. The van der Waals surface area contributed by atoms with Crippen molar-refractivity contribution in [1.82, 2.24) is 4.98 Å². The van der Waals surface area contributed by atoms with E-state index in [0.717, 1.165) is 17.0 Å². The van der Waals surface area contributed by atoms with E-state index in [9.17, 15) is 4.79 Å². The van der Waals surface area contributed by atoms with Crippen LogP contribution in [0.4, 0.5) is 11.5 Å². The summed E-state index contributed by atoms with van der Waals surface area (Å²) in [5.41, 5.74) is 3.71. The van der Waals surface area contributed by atoms with Gasteiger partial charge < -0.3 is 15.4 Å². The maximum atomic E-state index is 12.5. The molecular formula is C24H27N3O2. The van der Waals surface area contributed by atoms with Crippen LogP contribution in [0.2, 0.25) is 0 Å². The Balaban J connectivity index is 1.56. The molecule has 0 saturated heterocycles. The van der Waals surface area contributed by atoms with Gasteiger partial charge in [-0.05, 0) is 52.9 Å². The van der Waals surface area contributed by atoms with Gasteiger partial charge in [-0.3, -0.25) is 4.79 Å². The first-order valence-electron chi connectivity index (χ1n) is 9.60. The highest BCUT2D eigenvalue weighted by atomic mass is 16.5. The van der Waals surface area contributed by atoms with Gasteiger partial charge in [-0.2, -0.15) is 0 Å². The second kappa shape index (κ2) is 8.78. The highest BCUT2D eigenvalue weighted by molar-refractivity contribution is 6.04. The summed E-state index contributed by atoms with van der Waals surface area (Å²) in [6.45, 7) is 7.13. The number of ether oxygens (including phenoxy) is 1. The maximum absolute atomic E-state index is 12.5. The van der Waals surface area contributed by atoms with Crippen molar-refractivity contribution in [3.05, 3.63) is 83.6 Å². The number of aromatic nitrogens is 1. The van der Waals surface area contributed by atoms with Gasteiger partial charge in [0.2, 0.25) is 0 Å². The lowest BCUT2D eigenvalue weighted by Crippen LogP contribution is -2.14. The molecule has 1 amide bonds. The average Bonchev–Trinajstić information content (AvgIpc) is 2.72. The van der Waals surface area contributed by atoms with Crippen LogP contribution < -0.4 is 15.4 Å². The van der Waals surface area contributed by atoms with Gasteiger partial charge in [-0.15, -0.1) is 0 Å². The van der Waals surface area contributed by atoms with Crippen LogP contribution in [0.3, 0.4) is 0 Å². The Labute approximate surface area is 172 Å². The van der Waals surface area contributed by atoms with Gasteiger partial charge in [0.1, 0.15) is 11.6 Å². The van der Waals surface area contributed by atoms with Gasteiger partial charge in [0.05, 0.1) is 12.7 Å². The molecule has 0 spiro atoms. The largest absolute Gasteiger partial charge is 0.497 e. The highest BCUT2D eigenvalue weighted by Crippen LogP contribution is 2.23. The third kappa shape index (κ3) is 5.57. The number of carbonyl (C=O) groups excluding carboxylic acids is 1. The van der Waals surface area contributed by atoms with Crippen LogP contribution in [0.1, 0.15) is 42.3 Å². The molecule has 29 heavy (non-hydrogen) atoms. The summed E-state index contributed by atoms with van der Waals surface area (Å²) in [6.07, 6.45) is 1.58. The molecule has 2 N–H and O–H groups in total. The number of pyridine rings is 1. The number of hydrogen-bond acceptors (Lipinski definition) is 4. The zero-order valence-electron chi connectivity index (χ0n) is 17.3. The molecule has 0 radical (unpaired) electrons. The van der Waals surface area contributed by atoms with Crippen molar-refractivity contribution in [2.75, 3.05) is 17.7 Å². The van der Waals surface area contributed by atoms with Crippen LogP contribution in [0.15, 0.2) is 66.9 Å². The van der Waals surface area contributed by atoms with E-state index in [-0.39, 0.29) is 11.3 Å². The summed E-state index contributed by atoms with van der Waals surface area (Å²) in [4.78, 5) is 16.8. The Morgan fingerprint density at radius 3 is 2.21 bits per heavy atom. The van der Waals surface area contributed by atoms with E-state index in [4.69, 9.17) is 4.74 Å². The van der Waals surface area contributed by atoms with Crippen LogP contribution in [-0.4, -0.2) is 18.0 Å². The van der Waals surface area contributed by atoms with Crippen molar-refractivity contribution in [2.24, 2.45) is 0 Å². The Hall–Kier alpha value is -3.34. The topological polar surface area (TPSA) is 63.2 Å². The number of amides is 1. The fourth-order valence-electron chi connectivity index (χ4n) is 2.83. The Morgan fingerprint density at radius 1 is 0.966 bits per heavy atom. The van der Waals surface area contributed by atoms with E-state index < -0.39 is 0 Å². The first kappa shape index (κ1) is 20.4. The second-order valence-corrected chi connectivity index (χ2v) is 7.92. The maximum Gasteiger partial charge on any atom is 0.257 e. The molecule has 5 heteroatoms. The molecule has 150 valence electrons. The van der Waals surface area contributed by atoms with Gasteiger partial charge in [-0.25, -0.2) is 4.98 Å². The van der Waals surface area contributed by atoms with E-state index >= 15 is 0 Å². The molecule has 2 aromatic carbocycles. The van der Waals surface area contributed by atoms with Crippen molar-refractivity contribution in [3.8, 4) is 5.75 Å². The van der Waals surface area contributed by atoms with Crippen LogP contribution in [0, 0.1) is 0 Å². The lowest BCUT2D eigenvalue weighted by molar-refractivity contribution is 0.102. The Kier molecular flexibility index (Phi) is 6.17. The lowest BCUT2D eigenvalue weighted by Gasteiger charge is -2.19. The third-order valence-electron chi connectivity index (χ3n) is 4.67. The molecule has 0 aliphatic carbocycles. The zero-order valence-corrected chi connectivity index (χ0v) is 17.3. The Bertz CT molecular complexity index is 941. The zero-order chi connectivity index (χ0) is 20.9. The third-order valence-corrected chi connectivity index (χ3v) is 4.67. The molecule has 1 aromatic heterocycles. The summed E-state index contributed by atoms with van der Waals surface area (Å²) in [5.74, 6) is 1.37. The molecule has 1 heterocycles. The van der Waals surface area contributed by atoms with Gasteiger partial charge in [0.15, 0.2) is 0 Å². The summed E-state index contributed by atoms with van der Waals surface area (Å²) < 4.78 is 5.16. The molecule has 0 saturated carbocycles. The summed E-state index contributed by atoms with van der Waals surface area (Å²) >= 11 is 0. The van der Waals surface area contributed by atoms with Crippen molar-refractivity contribution >= 4 is 17.4 Å². The van der Waals surface area contributed by atoms with E-state index in [2.05, 4.69) is 36.4 Å². The van der Waals surface area contributed by atoms with Gasteiger partial charge in [-0.1, -0.05) is 45.0 Å². The monoisotopic (exact) mass is 389 g/mol. The number of methoxy groups -OCH3 is 1. The molecule has 0 atom stereocenters. The van der Waals surface area contributed by atoms with E-state index in [1.165, 1.54) is 5.56 Å². The van der Waals surface area contributed by atoms with E-state index in [0.29, 0.717) is 17.9 Å². The quantitative estimate of drug-likeness (QED) is 0.604. The number of benzene rings is 2. The number of carbonyl (C=O) groups is 1. The van der Waals surface area contributed by atoms with Crippen molar-refractivity contribution in [2.45, 2.75) is 32.7 Å². The van der Waals surface area contributed by atoms with E-state index in [1.807, 2.05) is 48.5 Å². The molecule has 0 aliphatic heterocycles. The summed E-state index contributed by atoms with van der Waals surface area (Å²) in [7, 11) is 1.65. The summed E-state index contributed by atoms with van der Waals surface area (Å²) in [6, 6.07) is 19.4. The molecule has 0 fully saturated rings. The normalized spacial score (nSPS) is 11.0. The lowest BCUT2D eigenvalue weighted by atomic mass is 9.87. The molecule has 5 nitrogen and oxygen atoms in total. The van der Waals surface area contributed by atoms with Crippen LogP contribution in [0.25, 0.3) is 0 Å². The molecule has 3 rings (SSSR count). The van der Waals surface area contributed by atoms with Crippen molar-refractivity contribution in [1.29, 1.82) is 0 Å². The standard InChI is InChI=1S/C24H27N3O2/c1-24(2,3)19-8-10-20(11-9-19)27-23(28)18-7-14-22(26-16-18)25-15-17-5-12-21(29-4)13-6-17/h5-14,16H,15H2,1-4H3,(H,25,26)(H,27,28). The number of nitrogens with one attached hydrogen (secondary N) is 2. The minimum atomic E-state index is -0.178. The van der Waals surface area contributed by atoms with E-state index in [1.54, 1.807) is 25.4 Å². The number of hydrogen-bond donors (Lipinski definition) is 2. The van der Waals surface area contributed by atoms with Crippen LogP contribution in [0.5, 0.6) is 5.75 Å². The predicted octanol–water partition coefficient (Wildman–Crippen LogP) is 5.25. The smallest absolute Gasteiger partial charge is 0.257 e. The first-order valence-corrected chi connectivity index (χ1v) is 9.60. The van der Waals surface area contributed by atoms with Gasteiger partial charge in [0.25, 0.3) is 5.91 Å². The van der Waals surface area contributed by atoms with Crippen molar-refractivity contribution in [3.63, 3.8) is 0 Å². The molecular weight excluding hydrogens is 362 g/mol. The number of anilines is 2. The molecule has 0 unspecified atom stereocenters. The van der Waals surface area contributed by atoms with Gasteiger partial charge >= 0.3 is 0 Å². The predicted molar refractivity (Wildman–Crippen MR) is 118 cm³/mol. The van der Waals surface area contributed by atoms with Crippen LogP contribution >= 0.6 is 0 Å². The minimum Gasteiger partial charge on any atom is -0.497 e. The fourth-order valence-corrected chi connectivity index (χ4v) is 2.83. The van der Waals surface area contributed by atoms with Crippen LogP contribution in [-0.2, 0) is 12.0 Å². The van der Waals surface area contributed by atoms with Gasteiger partial charge in [0, 0.05) is 18.4 Å². The number of nitrogens with zero attached hydrogens (tertiary/aromatic N) is 1. The summed E-state index contributed by atoms with van der Waals surface area (Å²) in [5, 5.41) is 6.16. The second-order valence-electron chi connectivity index (χ2n) is 7.92.